The van der Waals surface area contributed by atoms with Gasteiger partial charge in [-0.1, -0.05) is 26.3 Å². The van der Waals surface area contributed by atoms with Crippen molar-refractivity contribution in [3.8, 4) is 0 Å². The largest absolute Gasteiger partial charge is 0.349 e. The van der Waals surface area contributed by atoms with Crippen LogP contribution in [-0.4, -0.2) is 37.8 Å². The number of hydrogen-bond acceptors (Lipinski definition) is 3. The quantitative estimate of drug-likeness (QED) is 0.788. The Bertz CT molecular complexity index is 859. The zero-order valence-corrected chi connectivity index (χ0v) is 18.6. The topological polar surface area (TPSA) is 66.5 Å². The molecule has 0 aromatic heterocycles. The van der Waals surface area contributed by atoms with Crippen LogP contribution >= 0.6 is 0 Å². The van der Waals surface area contributed by atoms with E-state index in [4.69, 9.17) is 0 Å². The summed E-state index contributed by atoms with van der Waals surface area (Å²) in [5.74, 6) is 2.67. The van der Waals surface area contributed by atoms with Crippen molar-refractivity contribution in [2.24, 2.45) is 29.6 Å². The SMILES string of the molecule is C[C@H]1C[C@H](C)CN(S(=O)(=O)c2cccc(C(=O)N[C@H](C)[C@@H]3C[C@H]4CC[C@@H]3C4)c2)C1. The summed E-state index contributed by atoms with van der Waals surface area (Å²) < 4.78 is 27.9. The Hall–Kier alpha value is -1.40. The van der Waals surface area contributed by atoms with Crippen LogP contribution in [0, 0.1) is 29.6 Å². The molecule has 1 heterocycles. The third-order valence-electron chi connectivity index (χ3n) is 7.36. The van der Waals surface area contributed by atoms with E-state index in [2.05, 4.69) is 26.1 Å². The van der Waals surface area contributed by atoms with Crippen molar-refractivity contribution in [2.75, 3.05) is 13.1 Å². The second-order valence-corrected chi connectivity index (χ2v) is 11.8. The minimum atomic E-state index is -3.58. The van der Waals surface area contributed by atoms with Gasteiger partial charge in [-0.05, 0) is 80.4 Å². The van der Waals surface area contributed by atoms with Crippen LogP contribution in [0.2, 0.25) is 0 Å². The lowest BCUT2D eigenvalue weighted by Crippen LogP contribution is -2.42. The van der Waals surface area contributed by atoms with Crippen LogP contribution in [0.1, 0.15) is 63.2 Å². The number of carbonyl (C=O) groups is 1. The predicted octanol–water partition coefficient (Wildman–Crippen LogP) is 3.91. The Kier molecular flexibility index (Phi) is 5.77. The Labute approximate surface area is 175 Å². The van der Waals surface area contributed by atoms with Crippen LogP contribution in [0.3, 0.4) is 0 Å². The van der Waals surface area contributed by atoms with E-state index >= 15 is 0 Å². The molecule has 6 heteroatoms. The molecule has 1 amide bonds. The lowest BCUT2D eigenvalue weighted by atomic mass is 9.84. The first-order valence-corrected chi connectivity index (χ1v) is 12.6. The van der Waals surface area contributed by atoms with E-state index in [0.717, 1.165) is 18.3 Å². The van der Waals surface area contributed by atoms with E-state index in [9.17, 15) is 13.2 Å². The van der Waals surface area contributed by atoms with Crippen LogP contribution in [0.25, 0.3) is 0 Å². The summed E-state index contributed by atoms with van der Waals surface area (Å²) in [5.41, 5.74) is 0.430. The van der Waals surface area contributed by atoms with Crippen LogP contribution in [0.5, 0.6) is 0 Å². The van der Waals surface area contributed by atoms with Gasteiger partial charge in [0.2, 0.25) is 10.0 Å². The molecule has 1 N–H and O–H groups in total. The maximum absolute atomic E-state index is 13.2. The van der Waals surface area contributed by atoms with Crippen LogP contribution in [0.4, 0.5) is 0 Å². The minimum Gasteiger partial charge on any atom is -0.349 e. The van der Waals surface area contributed by atoms with Crippen molar-refractivity contribution in [1.82, 2.24) is 9.62 Å². The van der Waals surface area contributed by atoms with Crippen molar-refractivity contribution in [1.29, 1.82) is 0 Å². The number of nitrogens with one attached hydrogen (secondary N) is 1. The molecule has 1 saturated heterocycles. The van der Waals surface area contributed by atoms with Gasteiger partial charge in [0.25, 0.3) is 5.91 Å². The van der Waals surface area contributed by atoms with E-state index in [1.807, 2.05) is 0 Å². The fraction of sp³-hybridized carbons (Fsp3) is 0.696. The van der Waals surface area contributed by atoms with Crippen molar-refractivity contribution in [3.05, 3.63) is 29.8 Å². The minimum absolute atomic E-state index is 0.127. The summed E-state index contributed by atoms with van der Waals surface area (Å²) >= 11 is 0. The van der Waals surface area contributed by atoms with Gasteiger partial charge in [-0.25, -0.2) is 8.42 Å². The number of benzene rings is 1. The summed E-state index contributed by atoms with van der Waals surface area (Å²) in [5, 5.41) is 3.15. The second-order valence-electron chi connectivity index (χ2n) is 9.90. The highest BCUT2D eigenvalue weighted by Crippen LogP contribution is 2.49. The smallest absolute Gasteiger partial charge is 0.251 e. The van der Waals surface area contributed by atoms with Crippen molar-refractivity contribution < 1.29 is 13.2 Å². The number of fused-ring (bicyclic) bond motifs is 2. The van der Waals surface area contributed by atoms with Crippen LogP contribution < -0.4 is 5.32 Å². The summed E-state index contributed by atoms with van der Waals surface area (Å²) in [7, 11) is -3.58. The van der Waals surface area contributed by atoms with Crippen molar-refractivity contribution >= 4 is 15.9 Å². The van der Waals surface area contributed by atoms with Gasteiger partial charge in [-0.3, -0.25) is 4.79 Å². The number of carbonyl (C=O) groups excluding carboxylic acids is 1. The molecular weight excluding hydrogens is 384 g/mol. The molecule has 0 radical (unpaired) electrons. The van der Waals surface area contributed by atoms with Gasteiger partial charge in [-0.15, -0.1) is 0 Å². The summed E-state index contributed by atoms with van der Waals surface area (Å²) in [6, 6.07) is 6.67. The van der Waals surface area contributed by atoms with Gasteiger partial charge >= 0.3 is 0 Å². The number of piperidine rings is 1. The van der Waals surface area contributed by atoms with Gasteiger partial charge in [0, 0.05) is 24.7 Å². The van der Waals surface area contributed by atoms with E-state index in [-0.39, 0.29) is 16.8 Å². The predicted molar refractivity (Wildman–Crippen MR) is 114 cm³/mol. The Morgan fingerprint density at radius 1 is 1.10 bits per heavy atom. The molecular formula is C23H34N2O3S. The summed E-state index contributed by atoms with van der Waals surface area (Å²) in [4.78, 5) is 13.1. The standard InChI is InChI=1S/C23H34N2O3S/c1-15-9-16(2)14-25(13-15)29(27,28)21-6-4-5-20(12-21)23(26)24-17(3)22-11-18-7-8-19(22)10-18/h4-6,12,15-19,22H,7-11,13-14H2,1-3H3,(H,24,26)/t15-,16-,17+,18-,19+,22-/m0/s1. The number of hydrogen-bond donors (Lipinski definition) is 1. The zero-order chi connectivity index (χ0) is 20.8. The lowest BCUT2D eigenvalue weighted by Gasteiger charge is -2.34. The normalized spacial score (nSPS) is 33.6. The number of sulfonamides is 1. The molecule has 29 heavy (non-hydrogen) atoms. The molecule has 1 aromatic carbocycles. The first kappa shape index (κ1) is 20.9. The summed E-state index contributed by atoms with van der Waals surface area (Å²) in [6.07, 6.45) is 6.21. The number of amides is 1. The molecule has 3 aliphatic rings. The Morgan fingerprint density at radius 2 is 1.83 bits per heavy atom. The van der Waals surface area contributed by atoms with Crippen molar-refractivity contribution in [3.63, 3.8) is 0 Å². The van der Waals surface area contributed by atoms with Crippen LogP contribution in [0.15, 0.2) is 29.2 Å². The fourth-order valence-electron chi connectivity index (χ4n) is 6.05. The second kappa shape index (κ2) is 8.03. The zero-order valence-electron chi connectivity index (χ0n) is 17.8. The average molecular weight is 419 g/mol. The van der Waals surface area contributed by atoms with Crippen molar-refractivity contribution in [2.45, 2.75) is 63.8 Å². The molecule has 160 valence electrons. The molecule has 0 spiro atoms. The molecule has 0 unspecified atom stereocenters. The molecule has 4 rings (SSSR count). The molecule has 3 fully saturated rings. The molecule has 2 aliphatic carbocycles. The van der Waals surface area contributed by atoms with E-state index in [1.165, 1.54) is 25.7 Å². The molecule has 2 saturated carbocycles. The third kappa shape index (κ3) is 4.24. The van der Waals surface area contributed by atoms with E-state index in [1.54, 1.807) is 28.6 Å². The first-order chi connectivity index (χ1) is 13.7. The monoisotopic (exact) mass is 418 g/mol. The first-order valence-electron chi connectivity index (χ1n) is 11.1. The fourth-order valence-corrected chi connectivity index (χ4v) is 7.78. The lowest BCUT2D eigenvalue weighted by molar-refractivity contribution is 0.0915. The highest BCUT2D eigenvalue weighted by Gasteiger charge is 2.42. The number of nitrogens with zero attached hydrogens (tertiary/aromatic N) is 1. The highest BCUT2D eigenvalue weighted by atomic mass is 32.2. The average Bonchev–Trinajstić information content (AvgIpc) is 3.31. The molecule has 1 aliphatic heterocycles. The maximum atomic E-state index is 13.2. The van der Waals surface area contributed by atoms with Gasteiger partial charge in [-0.2, -0.15) is 4.31 Å². The third-order valence-corrected chi connectivity index (χ3v) is 9.19. The molecule has 5 nitrogen and oxygen atoms in total. The van der Waals surface area contributed by atoms with Gasteiger partial charge in [0.15, 0.2) is 0 Å². The molecule has 1 aromatic rings. The van der Waals surface area contributed by atoms with E-state index < -0.39 is 10.0 Å². The van der Waals surface area contributed by atoms with E-state index in [0.29, 0.717) is 36.4 Å². The molecule has 6 atom stereocenters. The number of rotatable bonds is 5. The van der Waals surface area contributed by atoms with Gasteiger partial charge in [0.05, 0.1) is 4.90 Å². The summed E-state index contributed by atoms with van der Waals surface area (Å²) in [6.45, 7) is 7.38. The highest BCUT2D eigenvalue weighted by molar-refractivity contribution is 7.89. The maximum Gasteiger partial charge on any atom is 0.251 e. The van der Waals surface area contributed by atoms with Crippen LogP contribution in [-0.2, 0) is 10.0 Å². The van der Waals surface area contributed by atoms with Gasteiger partial charge < -0.3 is 5.32 Å². The van der Waals surface area contributed by atoms with Gasteiger partial charge in [0.1, 0.15) is 0 Å². The Balaban J connectivity index is 1.47. The molecule has 2 bridgehead atoms. The Morgan fingerprint density at radius 3 is 2.45 bits per heavy atom.